The van der Waals surface area contributed by atoms with Crippen LogP contribution in [0.3, 0.4) is 0 Å². The van der Waals surface area contributed by atoms with Crippen molar-refractivity contribution in [1.29, 1.82) is 0 Å². The van der Waals surface area contributed by atoms with Crippen LogP contribution in [0.25, 0.3) is 0 Å². The molecule has 1 aliphatic rings. The minimum atomic E-state index is 0.182. The highest BCUT2D eigenvalue weighted by Crippen LogP contribution is 2.06. The Morgan fingerprint density at radius 3 is 2.44 bits per heavy atom. The summed E-state index contributed by atoms with van der Waals surface area (Å²) in [6, 6.07) is 11.0. The van der Waals surface area contributed by atoms with Gasteiger partial charge in [0.05, 0.1) is 6.54 Å². The molecule has 1 atom stereocenters. The first-order valence-corrected chi connectivity index (χ1v) is 9.95. The standard InChI is InChI=1S/C21H35N3O/c1-3-4-6-9-19(2)22-21(25)18-24-16-14-23(15-17-24)13-12-20-10-7-5-8-11-20/h5,7-8,10-11,19H,3-4,6,9,12-18H2,1-2H3,(H,22,25). The van der Waals surface area contributed by atoms with Crippen molar-refractivity contribution in [3.8, 4) is 0 Å². The van der Waals surface area contributed by atoms with E-state index in [1.54, 1.807) is 0 Å². The molecule has 1 unspecified atom stereocenters. The number of benzene rings is 1. The van der Waals surface area contributed by atoms with Gasteiger partial charge in [0, 0.05) is 38.8 Å². The lowest BCUT2D eigenvalue weighted by Crippen LogP contribution is -2.50. The molecule has 1 aliphatic heterocycles. The summed E-state index contributed by atoms with van der Waals surface area (Å²) in [5.41, 5.74) is 1.40. The van der Waals surface area contributed by atoms with Gasteiger partial charge in [-0.1, -0.05) is 56.5 Å². The Balaban J connectivity index is 1.59. The minimum absolute atomic E-state index is 0.182. The fourth-order valence-corrected chi connectivity index (χ4v) is 3.40. The zero-order valence-corrected chi connectivity index (χ0v) is 16.0. The normalized spacial score (nSPS) is 17.4. The second kappa shape index (κ2) is 11.3. The summed E-state index contributed by atoms with van der Waals surface area (Å²) < 4.78 is 0. The van der Waals surface area contributed by atoms with Gasteiger partial charge in [-0.25, -0.2) is 0 Å². The van der Waals surface area contributed by atoms with Crippen molar-refractivity contribution >= 4 is 5.91 Å². The van der Waals surface area contributed by atoms with Gasteiger partial charge >= 0.3 is 0 Å². The topological polar surface area (TPSA) is 35.6 Å². The summed E-state index contributed by atoms with van der Waals surface area (Å²) in [7, 11) is 0. The number of piperazine rings is 1. The highest BCUT2D eigenvalue weighted by molar-refractivity contribution is 5.78. The molecular formula is C21H35N3O. The highest BCUT2D eigenvalue weighted by atomic mass is 16.2. The molecule has 1 N–H and O–H groups in total. The first kappa shape index (κ1) is 19.9. The minimum Gasteiger partial charge on any atom is -0.353 e. The summed E-state index contributed by atoms with van der Waals surface area (Å²) in [5.74, 6) is 0.182. The maximum Gasteiger partial charge on any atom is 0.234 e. The van der Waals surface area contributed by atoms with Crippen LogP contribution in [0.15, 0.2) is 30.3 Å². The SMILES string of the molecule is CCCCCC(C)NC(=O)CN1CCN(CCc2ccccc2)CC1. The summed E-state index contributed by atoms with van der Waals surface area (Å²) in [4.78, 5) is 17.0. The van der Waals surface area contributed by atoms with E-state index in [4.69, 9.17) is 0 Å². The quantitative estimate of drug-likeness (QED) is 0.662. The molecule has 140 valence electrons. The Hall–Kier alpha value is -1.39. The third-order valence-electron chi connectivity index (χ3n) is 5.04. The van der Waals surface area contributed by atoms with E-state index in [0.717, 1.165) is 45.6 Å². The van der Waals surface area contributed by atoms with Crippen LogP contribution in [0.5, 0.6) is 0 Å². The molecule has 1 aromatic carbocycles. The van der Waals surface area contributed by atoms with Crippen LogP contribution >= 0.6 is 0 Å². The van der Waals surface area contributed by atoms with Crippen LogP contribution in [0.4, 0.5) is 0 Å². The summed E-state index contributed by atoms with van der Waals surface area (Å²) in [5, 5.41) is 3.15. The van der Waals surface area contributed by atoms with E-state index in [9.17, 15) is 4.79 Å². The van der Waals surface area contributed by atoms with Crippen molar-refractivity contribution in [2.24, 2.45) is 0 Å². The van der Waals surface area contributed by atoms with E-state index >= 15 is 0 Å². The highest BCUT2D eigenvalue weighted by Gasteiger charge is 2.19. The predicted molar refractivity (Wildman–Crippen MR) is 105 cm³/mol. The molecule has 1 heterocycles. The van der Waals surface area contributed by atoms with Crippen molar-refractivity contribution in [2.75, 3.05) is 39.3 Å². The molecule has 1 fully saturated rings. The van der Waals surface area contributed by atoms with Crippen LogP contribution in [0.1, 0.15) is 45.1 Å². The van der Waals surface area contributed by atoms with Gasteiger partial charge in [0.2, 0.25) is 5.91 Å². The smallest absolute Gasteiger partial charge is 0.234 e. The number of hydrogen-bond donors (Lipinski definition) is 1. The van der Waals surface area contributed by atoms with Crippen LogP contribution in [0, 0.1) is 0 Å². The van der Waals surface area contributed by atoms with E-state index in [2.05, 4.69) is 59.3 Å². The van der Waals surface area contributed by atoms with Crippen molar-refractivity contribution in [1.82, 2.24) is 15.1 Å². The Bertz CT molecular complexity index is 483. The second-order valence-corrected chi connectivity index (χ2v) is 7.32. The second-order valence-electron chi connectivity index (χ2n) is 7.32. The van der Waals surface area contributed by atoms with Crippen LogP contribution in [-0.2, 0) is 11.2 Å². The molecule has 0 radical (unpaired) electrons. The molecule has 1 amide bonds. The number of nitrogens with one attached hydrogen (secondary N) is 1. The number of nitrogens with zero attached hydrogens (tertiary/aromatic N) is 2. The Morgan fingerprint density at radius 1 is 1.08 bits per heavy atom. The fourth-order valence-electron chi connectivity index (χ4n) is 3.40. The van der Waals surface area contributed by atoms with E-state index in [0.29, 0.717) is 12.6 Å². The molecule has 0 spiro atoms. The van der Waals surface area contributed by atoms with Gasteiger partial charge in [0.1, 0.15) is 0 Å². The largest absolute Gasteiger partial charge is 0.353 e. The maximum atomic E-state index is 12.2. The summed E-state index contributed by atoms with van der Waals surface area (Å²) in [6.07, 6.45) is 5.89. The Morgan fingerprint density at radius 2 is 1.76 bits per heavy atom. The molecule has 1 saturated heterocycles. The number of amides is 1. The number of rotatable bonds is 10. The first-order valence-electron chi connectivity index (χ1n) is 9.95. The predicted octanol–water partition coefficient (Wildman–Crippen LogP) is 2.93. The van der Waals surface area contributed by atoms with Crippen molar-refractivity contribution in [3.63, 3.8) is 0 Å². The molecular weight excluding hydrogens is 310 g/mol. The summed E-state index contributed by atoms with van der Waals surface area (Å²) in [6.45, 7) is 10.1. The third kappa shape index (κ3) is 8.02. The van der Waals surface area contributed by atoms with Crippen molar-refractivity contribution in [3.05, 3.63) is 35.9 Å². The van der Waals surface area contributed by atoms with E-state index in [1.165, 1.54) is 24.8 Å². The zero-order valence-electron chi connectivity index (χ0n) is 16.0. The summed E-state index contributed by atoms with van der Waals surface area (Å²) >= 11 is 0. The fraction of sp³-hybridized carbons (Fsp3) is 0.667. The first-order chi connectivity index (χ1) is 12.2. The number of carbonyl (C=O) groups excluding carboxylic acids is 1. The number of carbonyl (C=O) groups is 1. The molecule has 4 nitrogen and oxygen atoms in total. The van der Waals surface area contributed by atoms with Crippen molar-refractivity contribution in [2.45, 2.75) is 52.0 Å². The van der Waals surface area contributed by atoms with Gasteiger partial charge in [0.25, 0.3) is 0 Å². The molecule has 25 heavy (non-hydrogen) atoms. The average Bonchev–Trinajstić information content (AvgIpc) is 2.62. The van der Waals surface area contributed by atoms with Crippen LogP contribution in [0.2, 0.25) is 0 Å². The molecule has 4 heteroatoms. The van der Waals surface area contributed by atoms with E-state index < -0.39 is 0 Å². The molecule has 2 rings (SSSR count). The van der Waals surface area contributed by atoms with E-state index in [1.807, 2.05) is 0 Å². The van der Waals surface area contributed by atoms with Crippen LogP contribution in [-0.4, -0.2) is 61.0 Å². The Labute approximate surface area is 153 Å². The molecule has 0 aliphatic carbocycles. The van der Waals surface area contributed by atoms with Gasteiger partial charge in [-0.2, -0.15) is 0 Å². The van der Waals surface area contributed by atoms with E-state index in [-0.39, 0.29) is 5.91 Å². The lowest BCUT2D eigenvalue weighted by Gasteiger charge is -2.34. The molecule has 0 saturated carbocycles. The lowest BCUT2D eigenvalue weighted by atomic mass is 10.1. The maximum absolute atomic E-state index is 12.2. The zero-order chi connectivity index (χ0) is 17.9. The lowest BCUT2D eigenvalue weighted by molar-refractivity contribution is -0.123. The molecule has 0 bridgehead atoms. The van der Waals surface area contributed by atoms with Crippen molar-refractivity contribution < 1.29 is 4.79 Å². The van der Waals surface area contributed by atoms with Gasteiger partial charge in [-0.3, -0.25) is 9.69 Å². The van der Waals surface area contributed by atoms with Gasteiger partial charge in [0.15, 0.2) is 0 Å². The number of hydrogen-bond acceptors (Lipinski definition) is 3. The van der Waals surface area contributed by atoms with Gasteiger partial charge < -0.3 is 10.2 Å². The molecule has 1 aromatic rings. The monoisotopic (exact) mass is 345 g/mol. The van der Waals surface area contributed by atoms with Gasteiger partial charge in [-0.15, -0.1) is 0 Å². The third-order valence-corrected chi connectivity index (χ3v) is 5.04. The van der Waals surface area contributed by atoms with Gasteiger partial charge in [-0.05, 0) is 25.3 Å². The Kier molecular flexibility index (Phi) is 8.98. The molecule has 0 aromatic heterocycles. The van der Waals surface area contributed by atoms with Crippen LogP contribution < -0.4 is 5.32 Å². The average molecular weight is 346 g/mol. The number of unbranched alkanes of at least 4 members (excludes halogenated alkanes) is 2.